The monoisotopic (exact) mass is 392 g/mol. The second-order valence-corrected chi connectivity index (χ2v) is 6.56. The molecule has 0 aliphatic carbocycles. The molecule has 3 rings (SSSR count). The molecule has 1 aliphatic rings. The lowest BCUT2D eigenvalue weighted by Gasteiger charge is -2.15. The summed E-state index contributed by atoms with van der Waals surface area (Å²) < 4.78 is 0.783. The number of anilines is 2. The van der Waals surface area contributed by atoms with Gasteiger partial charge in [-0.15, -0.1) is 0 Å². The van der Waals surface area contributed by atoms with Crippen molar-refractivity contribution in [3.05, 3.63) is 57.0 Å². The van der Waals surface area contributed by atoms with Crippen LogP contribution in [0.2, 0.25) is 5.02 Å². The van der Waals surface area contributed by atoms with Gasteiger partial charge >= 0.3 is 0 Å². The maximum atomic E-state index is 12.4. The van der Waals surface area contributed by atoms with Gasteiger partial charge in [0.1, 0.15) is 0 Å². The largest absolute Gasteiger partial charge is 0.322 e. The molecule has 23 heavy (non-hydrogen) atoms. The van der Waals surface area contributed by atoms with E-state index < -0.39 is 0 Å². The van der Waals surface area contributed by atoms with E-state index in [1.165, 1.54) is 0 Å². The molecule has 0 aromatic heterocycles. The fourth-order valence-corrected chi connectivity index (χ4v) is 3.24. The first kappa shape index (κ1) is 16.0. The lowest BCUT2D eigenvalue weighted by molar-refractivity contribution is -0.117. The van der Waals surface area contributed by atoms with Crippen LogP contribution in [-0.4, -0.2) is 18.4 Å². The standard InChI is InChI=1S/C17H14BrClN2O2/c1-2-21-15-6-4-12(7-10(15)8-16(21)22)20-17(23)13-9-11(18)3-5-14(13)19/h3-7,9H,2,8H2,1H3,(H,20,23). The molecule has 1 N–H and O–H groups in total. The SMILES string of the molecule is CCN1C(=O)Cc2cc(NC(=O)c3cc(Br)ccc3Cl)ccc21. The summed E-state index contributed by atoms with van der Waals surface area (Å²) in [6, 6.07) is 10.6. The van der Waals surface area contributed by atoms with Gasteiger partial charge in [0, 0.05) is 22.4 Å². The first-order valence-corrected chi connectivity index (χ1v) is 8.36. The number of halogens is 2. The van der Waals surface area contributed by atoms with Crippen molar-refractivity contribution in [3.8, 4) is 0 Å². The molecule has 6 heteroatoms. The zero-order valence-electron chi connectivity index (χ0n) is 12.4. The maximum absolute atomic E-state index is 12.4. The van der Waals surface area contributed by atoms with Gasteiger partial charge in [-0.25, -0.2) is 0 Å². The number of hydrogen-bond acceptors (Lipinski definition) is 2. The summed E-state index contributed by atoms with van der Waals surface area (Å²) in [4.78, 5) is 26.0. The summed E-state index contributed by atoms with van der Waals surface area (Å²) in [5, 5.41) is 3.22. The van der Waals surface area contributed by atoms with Crippen LogP contribution in [0, 0.1) is 0 Å². The predicted molar refractivity (Wildman–Crippen MR) is 95.3 cm³/mol. The Hall–Kier alpha value is -1.85. The van der Waals surface area contributed by atoms with Crippen LogP contribution in [-0.2, 0) is 11.2 Å². The Labute approximate surface area is 147 Å². The molecule has 0 atom stereocenters. The smallest absolute Gasteiger partial charge is 0.257 e. The van der Waals surface area contributed by atoms with Gasteiger partial charge in [0.25, 0.3) is 5.91 Å². The lowest BCUT2D eigenvalue weighted by atomic mass is 10.1. The van der Waals surface area contributed by atoms with Crippen molar-refractivity contribution in [2.75, 3.05) is 16.8 Å². The molecule has 4 nitrogen and oxygen atoms in total. The van der Waals surface area contributed by atoms with E-state index in [2.05, 4.69) is 21.2 Å². The van der Waals surface area contributed by atoms with Gasteiger partial charge in [0.15, 0.2) is 0 Å². The minimum atomic E-state index is -0.284. The fraction of sp³-hybridized carbons (Fsp3) is 0.176. The van der Waals surface area contributed by atoms with Gasteiger partial charge in [0.2, 0.25) is 5.91 Å². The number of likely N-dealkylation sites (N-methyl/N-ethyl adjacent to an activating group) is 1. The molecule has 0 saturated carbocycles. The number of benzene rings is 2. The maximum Gasteiger partial charge on any atom is 0.257 e. The third-order valence-corrected chi connectivity index (χ3v) is 4.58. The van der Waals surface area contributed by atoms with Gasteiger partial charge in [-0.3, -0.25) is 9.59 Å². The molecule has 2 amide bonds. The van der Waals surface area contributed by atoms with Gasteiger partial charge in [-0.05, 0) is 48.9 Å². The second-order valence-electron chi connectivity index (χ2n) is 5.24. The average Bonchev–Trinajstić information content (AvgIpc) is 2.83. The third kappa shape index (κ3) is 3.12. The molecular formula is C17H14BrClN2O2. The molecule has 2 aromatic rings. The predicted octanol–water partition coefficient (Wildman–Crippen LogP) is 4.26. The summed E-state index contributed by atoms with van der Waals surface area (Å²) in [6.45, 7) is 2.59. The molecule has 118 valence electrons. The van der Waals surface area contributed by atoms with Crippen molar-refractivity contribution in [1.29, 1.82) is 0 Å². The van der Waals surface area contributed by atoms with Crippen LogP contribution in [0.5, 0.6) is 0 Å². The number of nitrogens with one attached hydrogen (secondary N) is 1. The van der Waals surface area contributed by atoms with Gasteiger partial charge in [-0.2, -0.15) is 0 Å². The van der Waals surface area contributed by atoms with Gasteiger partial charge in [0.05, 0.1) is 17.0 Å². The van der Waals surface area contributed by atoms with E-state index in [1.54, 1.807) is 29.2 Å². The lowest BCUT2D eigenvalue weighted by Crippen LogP contribution is -2.25. The highest BCUT2D eigenvalue weighted by atomic mass is 79.9. The van der Waals surface area contributed by atoms with Crippen molar-refractivity contribution in [1.82, 2.24) is 0 Å². The molecule has 0 radical (unpaired) electrons. The van der Waals surface area contributed by atoms with Gasteiger partial charge in [-0.1, -0.05) is 27.5 Å². The van der Waals surface area contributed by atoms with E-state index in [0.29, 0.717) is 29.2 Å². The van der Waals surface area contributed by atoms with Gasteiger partial charge < -0.3 is 10.2 Å². The number of fused-ring (bicyclic) bond motifs is 1. The molecule has 0 saturated heterocycles. The Morgan fingerprint density at radius 1 is 1.30 bits per heavy atom. The quantitative estimate of drug-likeness (QED) is 0.847. The molecule has 0 bridgehead atoms. The van der Waals surface area contributed by atoms with Crippen LogP contribution in [0.1, 0.15) is 22.8 Å². The number of nitrogens with zero attached hydrogens (tertiary/aromatic N) is 1. The van der Waals surface area contributed by atoms with E-state index >= 15 is 0 Å². The first-order valence-electron chi connectivity index (χ1n) is 7.19. The molecule has 1 heterocycles. The topological polar surface area (TPSA) is 49.4 Å². The van der Waals surface area contributed by atoms with Crippen LogP contribution in [0.25, 0.3) is 0 Å². The van der Waals surface area contributed by atoms with Crippen LogP contribution < -0.4 is 10.2 Å². The summed E-state index contributed by atoms with van der Waals surface area (Å²) in [6.07, 6.45) is 0.366. The highest BCUT2D eigenvalue weighted by Gasteiger charge is 2.26. The van der Waals surface area contributed by atoms with Crippen LogP contribution >= 0.6 is 27.5 Å². The van der Waals surface area contributed by atoms with Crippen molar-refractivity contribution in [3.63, 3.8) is 0 Å². The molecule has 0 unspecified atom stereocenters. The van der Waals surface area contributed by atoms with E-state index in [1.807, 2.05) is 19.1 Å². The number of carbonyl (C=O) groups excluding carboxylic acids is 2. The van der Waals surface area contributed by atoms with Crippen molar-refractivity contribution >= 4 is 50.7 Å². The van der Waals surface area contributed by atoms with E-state index in [9.17, 15) is 9.59 Å². The van der Waals surface area contributed by atoms with E-state index in [4.69, 9.17) is 11.6 Å². The fourth-order valence-electron chi connectivity index (χ4n) is 2.68. The van der Waals surface area contributed by atoms with Crippen molar-refractivity contribution in [2.24, 2.45) is 0 Å². The molecule has 1 aliphatic heterocycles. The first-order chi connectivity index (χ1) is 11.0. The van der Waals surface area contributed by atoms with Crippen LogP contribution in [0.4, 0.5) is 11.4 Å². The number of hydrogen-bond donors (Lipinski definition) is 1. The van der Waals surface area contributed by atoms with Crippen molar-refractivity contribution < 1.29 is 9.59 Å². The Morgan fingerprint density at radius 2 is 2.09 bits per heavy atom. The highest BCUT2D eigenvalue weighted by molar-refractivity contribution is 9.10. The summed E-state index contributed by atoms with van der Waals surface area (Å²) in [5.74, 6) is -0.200. The average molecular weight is 394 g/mol. The Morgan fingerprint density at radius 3 is 2.83 bits per heavy atom. The minimum absolute atomic E-state index is 0.0843. The zero-order valence-corrected chi connectivity index (χ0v) is 14.7. The molecule has 0 spiro atoms. The van der Waals surface area contributed by atoms with E-state index in [-0.39, 0.29) is 11.8 Å². The van der Waals surface area contributed by atoms with Crippen LogP contribution in [0.15, 0.2) is 40.9 Å². The Bertz CT molecular complexity index is 807. The number of rotatable bonds is 3. The molecule has 0 fully saturated rings. The van der Waals surface area contributed by atoms with Crippen molar-refractivity contribution in [2.45, 2.75) is 13.3 Å². The third-order valence-electron chi connectivity index (χ3n) is 3.76. The van der Waals surface area contributed by atoms with E-state index in [0.717, 1.165) is 15.7 Å². The Kier molecular flexibility index (Phi) is 4.41. The number of carbonyl (C=O) groups is 2. The second kappa shape index (κ2) is 6.34. The molecular weight excluding hydrogens is 380 g/mol. The minimum Gasteiger partial charge on any atom is -0.322 e. The van der Waals surface area contributed by atoms with Crippen LogP contribution in [0.3, 0.4) is 0 Å². The Balaban J connectivity index is 1.85. The normalized spacial score (nSPS) is 13.2. The highest BCUT2D eigenvalue weighted by Crippen LogP contribution is 2.31. The zero-order chi connectivity index (χ0) is 16.6. The summed E-state index contributed by atoms with van der Waals surface area (Å²) in [5.41, 5.74) is 2.88. The number of amides is 2. The summed E-state index contributed by atoms with van der Waals surface area (Å²) >= 11 is 9.41. The molecule has 2 aromatic carbocycles. The summed E-state index contributed by atoms with van der Waals surface area (Å²) in [7, 11) is 0.